The van der Waals surface area contributed by atoms with Crippen molar-refractivity contribution in [3.8, 4) is 17.0 Å². The lowest BCUT2D eigenvalue weighted by Gasteiger charge is -2.30. The summed E-state index contributed by atoms with van der Waals surface area (Å²) >= 11 is 7.10. The molecule has 0 saturated carbocycles. The molecule has 182 valence electrons. The molecule has 1 atom stereocenters. The Balaban J connectivity index is 1.83. The number of nitrogens with zero attached hydrogens (tertiary/aromatic N) is 4. The van der Waals surface area contributed by atoms with Crippen molar-refractivity contribution in [1.29, 1.82) is 0 Å². The summed E-state index contributed by atoms with van der Waals surface area (Å²) in [5, 5.41) is 13.6. The van der Waals surface area contributed by atoms with Gasteiger partial charge < -0.3 is 14.4 Å². The second-order valence-electron chi connectivity index (χ2n) is 9.16. The fourth-order valence-corrected chi connectivity index (χ4v) is 5.07. The number of hydrogen-bond acceptors (Lipinski definition) is 5. The molecule has 1 unspecified atom stereocenters. The van der Waals surface area contributed by atoms with E-state index >= 15 is 0 Å². The molecule has 0 fully saturated rings. The van der Waals surface area contributed by atoms with Crippen molar-refractivity contribution >= 4 is 22.5 Å². The normalized spacial score (nSPS) is 13.1. The van der Waals surface area contributed by atoms with Crippen LogP contribution in [0, 0.1) is 20.8 Å². The van der Waals surface area contributed by atoms with Crippen LogP contribution < -0.4 is 4.74 Å². The summed E-state index contributed by atoms with van der Waals surface area (Å²) in [5.74, 6) is 0.457. The molecule has 36 heavy (non-hydrogen) atoms. The predicted octanol–water partition coefficient (Wildman–Crippen LogP) is 5.90. The Hall–Kier alpha value is -3.74. The van der Waals surface area contributed by atoms with E-state index in [4.69, 9.17) is 21.3 Å². The van der Waals surface area contributed by atoms with Gasteiger partial charge in [-0.25, -0.2) is 9.97 Å². The fraction of sp³-hybridized carbons (Fsp3) is 0.207. The first-order valence-corrected chi connectivity index (χ1v) is 12.0. The van der Waals surface area contributed by atoms with E-state index < -0.39 is 5.60 Å². The molecule has 1 N–H and O–H groups in total. The summed E-state index contributed by atoms with van der Waals surface area (Å²) in [5.41, 5.74) is 5.55. The molecule has 0 aliphatic carbocycles. The molecule has 0 spiro atoms. The van der Waals surface area contributed by atoms with Crippen LogP contribution in [0.1, 0.15) is 33.6 Å². The van der Waals surface area contributed by atoms with Gasteiger partial charge in [0.25, 0.3) is 0 Å². The number of hydrogen-bond donors (Lipinski definition) is 1. The summed E-state index contributed by atoms with van der Waals surface area (Å²) in [6, 6.07) is 15.7. The summed E-state index contributed by atoms with van der Waals surface area (Å²) in [6.45, 7) is 5.90. The quantitative estimate of drug-likeness (QED) is 0.326. The molecule has 5 rings (SSSR count). The van der Waals surface area contributed by atoms with Gasteiger partial charge >= 0.3 is 0 Å². The monoisotopic (exact) mass is 498 g/mol. The summed E-state index contributed by atoms with van der Waals surface area (Å²) in [4.78, 5) is 13.6. The molecular weight excluding hydrogens is 472 g/mol. The number of rotatable bonds is 5. The van der Waals surface area contributed by atoms with E-state index in [0.717, 1.165) is 27.8 Å². The van der Waals surface area contributed by atoms with Gasteiger partial charge in [-0.05, 0) is 49.6 Å². The average molecular weight is 499 g/mol. The maximum Gasteiger partial charge on any atom is 0.223 e. The van der Waals surface area contributed by atoms with E-state index in [0.29, 0.717) is 38.8 Å². The molecule has 3 aromatic heterocycles. The molecule has 0 amide bonds. The third kappa shape index (κ3) is 3.83. The van der Waals surface area contributed by atoms with Gasteiger partial charge in [0.2, 0.25) is 5.88 Å². The van der Waals surface area contributed by atoms with E-state index in [1.165, 1.54) is 0 Å². The van der Waals surface area contributed by atoms with Gasteiger partial charge in [-0.3, -0.25) is 4.98 Å². The maximum atomic E-state index is 12.4. The van der Waals surface area contributed by atoms with Crippen LogP contribution in [-0.2, 0) is 12.6 Å². The molecule has 0 aliphatic heterocycles. The molecule has 0 bridgehead atoms. The number of aromatic nitrogens is 4. The molecule has 2 aromatic carbocycles. The van der Waals surface area contributed by atoms with Gasteiger partial charge in [-0.1, -0.05) is 53.6 Å². The lowest BCUT2D eigenvalue weighted by Crippen LogP contribution is -2.31. The Bertz CT molecular complexity index is 1590. The van der Waals surface area contributed by atoms with Gasteiger partial charge in [-0.15, -0.1) is 0 Å². The zero-order valence-corrected chi connectivity index (χ0v) is 21.6. The van der Waals surface area contributed by atoms with Crippen LogP contribution in [-0.4, -0.2) is 31.7 Å². The summed E-state index contributed by atoms with van der Waals surface area (Å²) < 4.78 is 7.48. The predicted molar refractivity (Wildman–Crippen MR) is 142 cm³/mol. The van der Waals surface area contributed by atoms with Crippen molar-refractivity contribution in [2.45, 2.75) is 26.4 Å². The van der Waals surface area contributed by atoms with E-state index in [9.17, 15) is 5.11 Å². The van der Waals surface area contributed by atoms with Crippen molar-refractivity contribution in [3.05, 3.63) is 106 Å². The van der Waals surface area contributed by atoms with Gasteiger partial charge in [0.05, 0.1) is 41.4 Å². The second-order valence-corrected chi connectivity index (χ2v) is 9.54. The number of ether oxygens (including phenoxy) is 1. The van der Waals surface area contributed by atoms with Crippen molar-refractivity contribution in [2.24, 2.45) is 7.05 Å². The molecule has 0 aliphatic rings. The highest BCUT2D eigenvalue weighted by Gasteiger charge is 2.37. The number of pyridine rings is 2. The van der Waals surface area contributed by atoms with Crippen molar-refractivity contribution in [2.75, 3.05) is 7.11 Å². The maximum absolute atomic E-state index is 12.4. The number of fused-ring (bicyclic) bond motifs is 1. The highest BCUT2D eigenvalue weighted by Crippen LogP contribution is 2.44. The third-order valence-corrected chi connectivity index (χ3v) is 7.01. The Morgan fingerprint density at radius 1 is 1.00 bits per heavy atom. The smallest absolute Gasteiger partial charge is 0.223 e. The minimum Gasteiger partial charge on any atom is -0.480 e. The van der Waals surface area contributed by atoms with Gasteiger partial charge in [0.1, 0.15) is 0 Å². The zero-order valence-electron chi connectivity index (χ0n) is 20.9. The molecule has 0 radical (unpaired) electrons. The largest absolute Gasteiger partial charge is 0.480 e. The molecule has 3 heterocycles. The van der Waals surface area contributed by atoms with E-state index in [2.05, 4.69) is 16.0 Å². The Morgan fingerprint density at radius 3 is 2.44 bits per heavy atom. The number of aliphatic hydroxyl groups is 1. The van der Waals surface area contributed by atoms with Crippen LogP contribution in [0.3, 0.4) is 0 Å². The van der Waals surface area contributed by atoms with Crippen LogP contribution in [0.4, 0.5) is 0 Å². The lowest BCUT2D eigenvalue weighted by molar-refractivity contribution is 0.117. The molecule has 7 heteroatoms. The highest BCUT2D eigenvalue weighted by molar-refractivity contribution is 6.38. The van der Waals surface area contributed by atoms with Crippen molar-refractivity contribution in [3.63, 3.8) is 0 Å². The van der Waals surface area contributed by atoms with Crippen LogP contribution in [0.15, 0.2) is 67.3 Å². The number of imidazole rings is 1. The van der Waals surface area contributed by atoms with E-state index in [1.807, 2.05) is 74.9 Å². The standard InChI is InChI=1S/C29H27ClN4O2/c1-17-7-6-8-20(11-17)25-26(30)23-13-22(12-18(2)27(23)33-28(25)36-5)29(35,24-15-31-16-34(24)4)21-10-9-19(3)32-14-21/h6-16,35H,1-5H3. The topological polar surface area (TPSA) is 73.1 Å². The van der Waals surface area contributed by atoms with Crippen LogP contribution >= 0.6 is 11.6 Å². The Morgan fingerprint density at radius 2 is 1.81 bits per heavy atom. The average Bonchev–Trinajstić information content (AvgIpc) is 3.30. The third-order valence-electron chi connectivity index (χ3n) is 6.62. The molecular formula is C29H27ClN4O2. The Kier molecular flexibility index (Phi) is 6.02. The number of aryl methyl sites for hydroxylation is 4. The summed E-state index contributed by atoms with van der Waals surface area (Å²) in [6.07, 6.45) is 5.05. The first-order chi connectivity index (χ1) is 17.2. The van der Waals surface area contributed by atoms with Crippen LogP contribution in [0.25, 0.3) is 22.0 Å². The van der Waals surface area contributed by atoms with Crippen molar-refractivity contribution < 1.29 is 9.84 Å². The van der Waals surface area contributed by atoms with Crippen molar-refractivity contribution in [1.82, 2.24) is 19.5 Å². The van der Waals surface area contributed by atoms with Gasteiger partial charge in [-0.2, -0.15) is 0 Å². The van der Waals surface area contributed by atoms with Gasteiger partial charge in [0.15, 0.2) is 5.60 Å². The van der Waals surface area contributed by atoms with Crippen LogP contribution in [0.2, 0.25) is 5.02 Å². The lowest BCUT2D eigenvalue weighted by atomic mass is 9.82. The minimum atomic E-state index is -1.52. The Labute approximate surface area is 215 Å². The SMILES string of the molecule is COc1nc2c(C)cc(C(O)(c3ccc(C)nc3)c3cncn3C)cc2c(Cl)c1-c1cccc(C)c1. The molecule has 0 saturated heterocycles. The fourth-order valence-electron chi connectivity index (χ4n) is 4.74. The zero-order chi connectivity index (χ0) is 25.6. The number of methoxy groups -OCH3 is 1. The van der Waals surface area contributed by atoms with Crippen LogP contribution in [0.5, 0.6) is 5.88 Å². The molecule has 6 nitrogen and oxygen atoms in total. The second kappa shape index (κ2) is 9.04. The molecule has 5 aromatic rings. The first-order valence-electron chi connectivity index (χ1n) is 11.6. The van der Waals surface area contributed by atoms with Gasteiger partial charge in [0, 0.05) is 29.9 Å². The highest BCUT2D eigenvalue weighted by atomic mass is 35.5. The minimum absolute atomic E-state index is 0.457. The first kappa shape index (κ1) is 24.0. The summed E-state index contributed by atoms with van der Waals surface area (Å²) in [7, 11) is 3.46. The number of halogens is 1. The van der Waals surface area contributed by atoms with E-state index in [-0.39, 0.29) is 0 Å². The number of benzene rings is 2. The van der Waals surface area contributed by atoms with E-state index in [1.54, 1.807) is 25.8 Å².